The van der Waals surface area contributed by atoms with Crippen LogP contribution in [-0.2, 0) is 0 Å². The maximum atomic E-state index is 11.7. The number of carbonyl (C=O) groups is 1. The molecule has 2 N–H and O–H groups in total. The van der Waals surface area contributed by atoms with Gasteiger partial charge in [0.1, 0.15) is 5.69 Å². The predicted molar refractivity (Wildman–Crippen MR) is 76.4 cm³/mol. The fraction of sp³-hybridized carbons (Fsp3) is 0.143. The molecule has 1 aromatic heterocycles. The van der Waals surface area contributed by atoms with E-state index in [-0.39, 0.29) is 11.4 Å². The van der Waals surface area contributed by atoms with Gasteiger partial charge in [0.15, 0.2) is 11.5 Å². The summed E-state index contributed by atoms with van der Waals surface area (Å²) >= 11 is 0. The third kappa shape index (κ3) is 4.00. The van der Waals surface area contributed by atoms with Gasteiger partial charge in [-0.2, -0.15) is 5.10 Å². The second kappa shape index (κ2) is 6.99. The van der Waals surface area contributed by atoms with E-state index >= 15 is 0 Å². The van der Waals surface area contributed by atoms with Gasteiger partial charge < -0.3 is 9.84 Å². The number of phenolic OH excluding ortho intramolecular Hbond substituents is 1. The lowest BCUT2D eigenvalue weighted by Crippen LogP contribution is -2.19. The zero-order valence-electron chi connectivity index (χ0n) is 11.4. The van der Waals surface area contributed by atoms with Crippen LogP contribution in [0.5, 0.6) is 11.5 Å². The zero-order valence-corrected chi connectivity index (χ0v) is 11.4. The van der Waals surface area contributed by atoms with Crippen LogP contribution in [0.1, 0.15) is 23.0 Å². The molecule has 0 saturated carbocycles. The van der Waals surface area contributed by atoms with E-state index < -0.39 is 5.91 Å². The fourth-order valence-corrected chi connectivity index (χ4v) is 1.52. The van der Waals surface area contributed by atoms with E-state index in [4.69, 9.17) is 4.74 Å². The molecule has 0 atom stereocenters. The second-order valence-corrected chi connectivity index (χ2v) is 3.95. The third-order valence-electron chi connectivity index (χ3n) is 2.46. The van der Waals surface area contributed by atoms with Crippen LogP contribution < -0.4 is 10.2 Å². The van der Waals surface area contributed by atoms with Crippen LogP contribution in [0.3, 0.4) is 0 Å². The Bertz CT molecular complexity index is 644. The number of aromatic hydroxyl groups is 1. The van der Waals surface area contributed by atoms with Crippen molar-refractivity contribution in [1.82, 2.24) is 15.4 Å². The fourth-order valence-electron chi connectivity index (χ4n) is 1.52. The van der Waals surface area contributed by atoms with Gasteiger partial charge in [-0.1, -0.05) is 0 Å². The lowest BCUT2D eigenvalue weighted by atomic mass is 10.2. The summed E-state index contributed by atoms with van der Waals surface area (Å²) < 4.78 is 5.26. The van der Waals surface area contributed by atoms with Gasteiger partial charge in [-0.05, 0) is 30.7 Å². The molecule has 2 rings (SSSR count). The number of amides is 1. The first-order valence-electron chi connectivity index (χ1n) is 6.26. The van der Waals surface area contributed by atoms with E-state index in [2.05, 4.69) is 20.5 Å². The van der Waals surface area contributed by atoms with Crippen molar-refractivity contribution in [2.24, 2.45) is 5.10 Å². The molecular weight excluding hydrogens is 272 g/mol. The molecule has 1 amide bonds. The maximum Gasteiger partial charge on any atom is 0.291 e. The van der Waals surface area contributed by atoms with Crippen LogP contribution in [0.2, 0.25) is 0 Å². The van der Waals surface area contributed by atoms with Crippen LogP contribution >= 0.6 is 0 Å². The number of hydrogen-bond donors (Lipinski definition) is 2. The lowest BCUT2D eigenvalue weighted by Gasteiger charge is -2.05. The molecule has 0 unspecified atom stereocenters. The first-order chi connectivity index (χ1) is 10.2. The quantitative estimate of drug-likeness (QED) is 0.638. The molecule has 0 spiro atoms. The van der Waals surface area contributed by atoms with Crippen LogP contribution in [-0.4, -0.2) is 33.8 Å². The van der Waals surface area contributed by atoms with Crippen LogP contribution in [0, 0.1) is 0 Å². The SMILES string of the molecule is CCOc1cc(/C=N\NC(=O)c2cnccn2)ccc1O. The second-order valence-electron chi connectivity index (χ2n) is 3.95. The molecule has 0 bridgehead atoms. The number of phenols is 1. The van der Waals surface area contributed by atoms with Crippen LogP contribution in [0.4, 0.5) is 0 Å². The number of hydrogen-bond acceptors (Lipinski definition) is 6. The molecular formula is C14H14N4O3. The summed E-state index contributed by atoms with van der Waals surface area (Å²) in [6.07, 6.45) is 5.69. The minimum Gasteiger partial charge on any atom is -0.504 e. The Kier molecular flexibility index (Phi) is 4.81. The van der Waals surface area contributed by atoms with E-state index in [0.717, 1.165) is 0 Å². The molecule has 108 valence electrons. The van der Waals surface area contributed by atoms with Crippen molar-refractivity contribution >= 4 is 12.1 Å². The Labute approximate surface area is 121 Å². The third-order valence-corrected chi connectivity index (χ3v) is 2.46. The Hall–Kier alpha value is -2.96. The highest BCUT2D eigenvalue weighted by atomic mass is 16.5. The largest absolute Gasteiger partial charge is 0.504 e. The molecule has 2 aromatic rings. The molecule has 0 saturated heterocycles. The Balaban J connectivity index is 2.01. The van der Waals surface area contributed by atoms with Crippen molar-refractivity contribution < 1.29 is 14.6 Å². The number of nitrogens with zero attached hydrogens (tertiary/aromatic N) is 3. The van der Waals surface area contributed by atoms with Gasteiger partial charge in [-0.25, -0.2) is 10.4 Å². The smallest absolute Gasteiger partial charge is 0.291 e. The molecule has 0 aliphatic heterocycles. The highest BCUT2D eigenvalue weighted by Gasteiger charge is 2.05. The van der Waals surface area contributed by atoms with Crippen molar-refractivity contribution in [2.75, 3.05) is 6.61 Å². The van der Waals surface area contributed by atoms with E-state index in [0.29, 0.717) is 17.9 Å². The summed E-state index contributed by atoms with van der Waals surface area (Å²) in [7, 11) is 0. The number of carbonyl (C=O) groups excluding carboxylic acids is 1. The van der Waals surface area contributed by atoms with E-state index in [1.807, 2.05) is 6.92 Å². The topological polar surface area (TPSA) is 96.7 Å². The normalized spacial score (nSPS) is 10.5. The van der Waals surface area contributed by atoms with E-state index in [9.17, 15) is 9.90 Å². The number of benzene rings is 1. The van der Waals surface area contributed by atoms with Gasteiger partial charge >= 0.3 is 0 Å². The van der Waals surface area contributed by atoms with Gasteiger partial charge in [0.25, 0.3) is 5.91 Å². The predicted octanol–water partition coefficient (Wildman–Crippen LogP) is 1.34. The highest BCUT2D eigenvalue weighted by Crippen LogP contribution is 2.26. The summed E-state index contributed by atoms with van der Waals surface area (Å²) in [6, 6.07) is 4.77. The summed E-state index contributed by atoms with van der Waals surface area (Å²) in [4.78, 5) is 19.3. The van der Waals surface area contributed by atoms with Crippen molar-refractivity contribution in [3.05, 3.63) is 48.0 Å². The molecule has 1 heterocycles. The molecule has 0 fully saturated rings. The standard InChI is InChI=1S/C14H14N4O3/c1-2-21-13-7-10(3-4-12(13)19)8-17-18-14(20)11-9-15-5-6-16-11/h3-9,19H,2H2,1H3,(H,18,20)/b17-8-. The molecule has 21 heavy (non-hydrogen) atoms. The van der Waals surface area contributed by atoms with Crippen molar-refractivity contribution in [1.29, 1.82) is 0 Å². The summed E-state index contributed by atoms with van der Waals surface area (Å²) in [5, 5.41) is 13.4. The zero-order chi connectivity index (χ0) is 15.1. The van der Waals surface area contributed by atoms with E-state index in [1.54, 1.807) is 12.1 Å². The number of hydrazone groups is 1. The minimum atomic E-state index is -0.455. The van der Waals surface area contributed by atoms with Crippen molar-refractivity contribution in [2.45, 2.75) is 6.92 Å². The molecule has 1 aromatic carbocycles. The summed E-state index contributed by atoms with van der Waals surface area (Å²) in [6.45, 7) is 2.26. The molecule has 0 radical (unpaired) electrons. The molecule has 7 nitrogen and oxygen atoms in total. The lowest BCUT2D eigenvalue weighted by molar-refractivity contribution is 0.0949. The molecule has 0 aliphatic rings. The van der Waals surface area contributed by atoms with Gasteiger partial charge in [0.05, 0.1) is 19.0 Å². The highest BCUT2D eigenvalue weighted by molar-refractivity contribution is 5.92. The van der Waals surface area contributed by atoms with Crippen molar-refractivity contribution in [3.63, 3.8) is 0 Å². The van der Waals surface area contributed by atoms with Crippen LogP contribution in [0.25, 0.3) is 0 Å². The Morgan fingerprint density at radius 3 is 3.05 bits per heavy atom. The maximum absolute atomic E-state index is 11.7. The Morgan fingerprint density at radius 2 is 2.33 bits per heavy atom. The Morgan fingerprint density at radius 1 is 1.48 bits per heavy atom. The van der Waals surface area contributed by atoms with Gasteiger partial charge in [-0.3, -0.25) is 9.78 Å². The molecule has 0 aliphatic carbocycles. The average Bonchev–Trinajstić information content (AvgIpc) is 2.51. The first kappa shape index (κ1) is 14.4. The number of nitrogens with one attached hydrogen (secondary N) is 1. The van der Waals surface area contributed by atoms with Gasteiger partial charge in [0, 0.05) is 12.4 Å². The van der Waals surface area contributed by atoms with Gasteiger partial charge in [-0.15, -0.1) is 0 Å². The summed E-state index contributed by atoms with van der Waals surface area (Å²) in [5.41, 5.74) is 3.19. The number of aromatic nitrogens is 2. The van der Waals surface area contributed by atoms with Crippen LogP contribution in [0.15, 0.2) is 41.9 Å². The number of ether oxygens (including phenoxy) is 1. The average molecular weight is 286 g/mol. The monoisotopic (exact) mass is 286 g/mol. The number of rotatable bonds is 5. The molecule has 7 heteroatoms. The summed E-state index contributed by atoms with van der Waals surface area (Å²) in [5.74, 6) is -0.0394. The minimum absolute atomic E-state index is 0.0533. The van der Waals surface area contributed by atoms with E-state index in [1.165, 1.54) is 30.9 Å². The van der Waals surface area contributed by atoms with Gasteiger partial charge in [0.2, 0.25) is 0 Å². The first-order valence-corrected chi connectivity index (χ1v) is 6.26. The van der Waals surface area contributed by atoms with Crippen molar-refractivity contribution in [3.8, 4) is 11.5 Å².